The molecule has 0 saturated carbocycles. The number of rotatable bonds is 6. The van der Waals surface area contributed by atoms with Gasteiger partial charge in [-0.1, -0.05) is 0 Å². The Bertz CT molecular complexity index is 1200. The number of benzene rings is 3. The molecule has 3 aromatic carbocycles. The van der Waals surface area contributed by atoms with Crippen molar-refractivity contribution >= 4 is 72.4 Å². The van der Waals surface area contributed by atoms with Gasteiger partial charge in [-0.15, -0.1) is 0 Å². The fraction of sp³-hybridized carbons (Fsp3) is 0.300. The number of aryl methyl sites for hydroxylation is 9. The van der Waals surface area contributed by atoms with Crippen molar-refractivity contribution in [3.63, 3.8) is 0 Å². The number of aromatic nitrogens is 3. The fourth-order valence-corrected chi connectivity index (χ4v) is 11.2. The molecule has 0 saturated heterocycles. The summed E-state index contributed by atoms with van der Waals surface area (Å²) >= 11 is 0.111. The molecule has 0 atom stereocenters. The van der Waals surface area contributed by atoms with E-state index in [2.05, 4.69) is 98.7 Å². The van der Waals surface area contributed by atoms with Crippen molar-refractivity contribution in [1.29, 1.82) is 0 Å². The summed E-state index contributed by atoms with van der Waals surface area (Å²) in [5, 5.41) is 0. The van der Waals surface area contributed by atoms with E-state index in [4.69, 9.17) is 15.0 Å². The molecule has 4 rings (SSSR count). The average Bonchev–Trinajstić information content (AvgIpc) is 2.76. The van der Waals surface area contributed by atoms with E-state index in [9.17, 15) is 0 Å². The van der Waals surface area contributed by atoms with Gasteiger partial charge >= 0.3 is 236 Å². The number of hydrogen-bond acceptors (Lipinski definition) is 3. The van der Waals surface area contributed by atoms with Crippen LogP contribution in [0.15, 0.2) is 36.4 Å². The fourth-order valence-electron chi connectivity index (χ4n) is 4.71. The van der Waals surface area contributed by atoms with E-state index in [1.807, 2.05) is 0 Å². The molecule has 1 aromatic heterocycles. The third kappa shape index (κ3) is 6.37. The van der Waals surface area contributed by atoms with Crippen molar-refractivity contribution in [2.75, 3.05) is 0 Å². The van der Waals surface area contributed by atoms with Gasteiger partial charge in [0.25, 0.3) is 0 Å². The zero-order valence-corrected chi connectivity index (χ0v) is 27.7. The van der Waals surface area contributed by atoms with Gasteiger partial charge in [0, 0.05) is 0 Å². The topological polar surface area (TPSA) is 38.7 Å². The molecular weight excluding hydrogens is 639 g/mol. The maximum atomic E-state index is 5.08. The minimum atomic E-state index is 0.0369. The van der Waals surface area contributed by atoms with Gasteiger partial charge < -0.3 is 0 Å². The molecule has 3 nitrogen and oxygen atoms in total. The molecule has 186 valence electrons. The number of hydrogen-bond donors (Lipinski definition) is 0. The Hall–Kier alpha value is -1.77. The Morgan fingerprint density at radius 1 is 0.361 bits per heavy atom. The van der Waals surface area contributed by atoms with Crippen LogP contribution in [-0.4, -0.2) is 59.8 Å². The summed E-state index contributed by atoms with van der Waals surface area (Å²) in [7, 11) is 0. The molecule has 0 bridgehead atoms. The van der Waals surface area contributed by atoms with Crippen LogP contribution in [-0.2, 0) is 0 Å². The molecule has 0 aliphatic rings. The molecule has 0 fully saturated rings. The normalized spacial score (nSPS) is 11.2. The van der Waals surface area contributed by atoms with Gasteiger partial charge in [-0.25, -0.2) is 0 Å². The number of nitrogens with zero attached hydrogens (tertiary/aromatic N) is 3. The molecule has 0 spiro atoms. The van der Waals surface area contributed by atoms with Crippen LogP contribution in [0.2, 0.25) is 0 Å². The SMILES string of the molecule is Cc1cc(C)c([Se]c2nc([Se]c3c(C)cc(C)cc3C)nc([Se]c3c(C)cc(C)cc3C)n2)c(C)c1. The second-order valence-electron chi connectivity index (χ2n) is 9.67. The van der Waals surface area contributed by atoms with Crippen molar-refractivity contribution in [3.05, 3.63) is 86.5 Å². The van der Waals surface area contributed by atoms with Gasteiger partial charge in [0.1, 0.15) is 0 Å². The van der Waals surface area contributed by atoms with Gasteiger partial charge in [-0.3, -0.25) is 0 Å². The van der Waals surface area contributed by atoms with Crippen LogP contribution in [0.25, 0.3) is 0 Å². The molecule has 0 aliphatic heterocycles. The standard InChI is InChI=1S/C30H33N3Se3/c1-16-10-19(4)25(20(5)11-16)34-28-31-29(35-26-21(6)12-17(2)13-22(26)7)33-30(32-28)36-27-23(8)14-18(3)15-24(27)9/h10-15H,1-9H3. The first-order chi connectivity index (χ1) is 17.0. The third-order valence-electron chi connectivity index (χ3n) is 5.97. The van der Waals surface area contributed by atoms with Gasteiger partial charge in [0.15, 0.2) is 0 Å². The van der Waals surface area contributed by atoms with Gasteiger partial charge in [-0.2, -0.15) is 0 Å². The summed E-state index contributed by atoms with van der Waals surface area (Å²) < 4.78 is 7.02. The summed E-state index contributed by atoms with van der Waals surface area (Å²) in [4.78, 5) is 15.2. The van der Waals surface area contributed by atoms with Crippen molar-refractivity contribution in [2.24, 2.45) is 0 Å². The van der Waals surface area contributed by atoms with E-state index in [1.165, 1.54) is 63.5 Å². The van der Waals surface area contributed by atoms with Gasteiger partial charge in [0.05, 0.1) is 0 Å². The van der Waals surface area contributed by atoms with E-state index < -0.39 is 0 Å². The molecule has 0 amide bonds. The summed E-state index contributed by atoms with van der Waals surface area (Å²) in [5.41, 5.74) is 11.9. The monoisotopic (exact) mass is 675 g/mol. The van der Waals surface area contributed by atoms with Crippen LogP contribution >= 0.6 is 0 Å². The maximum absolute atomic E-state index is 5.08. The third-order valence-corrected chi connectivity index (χ3v) is 13.6. The van der Waals surface area contributed by atoms with E-state index >= 15 is 0 Å². The van der Waals surface area contributed by atoms with Crippen LogP contribution in [0, 0.1) is 62.3 Å². The Kier molecular flexibility index (Phi) is 8.57. The van der Waals surface area contributed by atoms with Crippen molar-refractivity contribution in [2.45, 2.75) is 62.3 Å². The summed E-state index contributed by atoms with van der Waals surface area (Å²) in [5.74, 6) is 0. The second kappa shape index (κ2) is 11.3. The first-order valence-corrected chi connectivity index (χ1v) is 17.2. The van der Waals surface area contributed by atoms with E-state index in [0.717, 1.165) is 14.2 Å². The van der Waals surface area contributed by atoms with Crippen LogP contribution in [0.1, 0.15) is 50.1 Å². The first kappa shape index (κ1) is 27.3. The zero-order valence-electron chi connectivity index (χ0n) is 22.5. The Morgan fingerprint density at radius 2 is 0.556 bits per heavy atom. The molecule has 0 aliphatic carbocycles. The molecule has 6 heteroatoms. The molecule has 4 aromatic rings. The Balaban J connectivity index is 1.79. The van der Waals surface area contributed by atoms with E-state index in [0.29, 0.717) is 0 Å². The summed E-state index contributed by atoms with van der Waals surface area (Å²) in [6.07, 6.45) is 0. The van der Waals surface area contributed by atoms with Gasteiger partial charge in [0.2, 0.25) is 0 Å². The average molecular weight is 672 g/mol. The first-order valence-electron chi connectivity index (χ1n) is 12.0. The quantitative estimate of drug-likeness (QED) is 0.293. The van der Waals surface area contributed by atoms with Crippen LogP contribution in [0.4, 0.5) is 0 Å². The van der Waals surface area contributed by atoms with E-state index in [1.54, 1.807) is 0 Å². The summed E-state index contributed by atoms with van der Waals surface area (Å²) in [6.45, 7) is 19.8. The summed E-state index contributed by atoms with van der Waals surface area (Å²) in [6, 6.07) is 13.7. The Morgan fingerprint density at radius 3 is 0.750 bits per heavy atom. The molecule has 0 unspecified atom stereocenters. The van der Waals surface area contributed by atoms with Crippen molar-refractivity contribution < 1.29 is 0 Å². The van der Waals surface area contributed by atoms with Crippen molar-refractivity contribution in [1.82, 2.24) is 15.0 Å². The van der Waals surface area contributed by atoms with Crippen molar-refractivity contribution in [3.8, 4) is 0 Å². The molecule has 36 heavy (non-hydrogen) atoms. The van der Waals surface area contributed by atoms with Gasteiger partial charge in [-0.05, 0) is 0 Å². The predicted octanol–water partition coefficient (Wildman–Crippen LogP) is 1.61. The molecule has 0 N–H and O–H groups in total. The predicted molar refractivity (Wildman–Crippen MR) is 157 cm³/mol. The molecular formula is C30H33N3Se3. The molecule has 0 radical (unpaired) electrons. The Labute approximate surface area is 234 Å². The van der Waals surface area contributed by atoms with Crippen LogP contribution in [0.5, 0.6) is 0 Å². The molecule has 1 heterocycles. The van der Waals surface area contributed by atoms with E-state index in [-0.39, 0.29) is 44.9 Å². The van der Waals surface area contributed by atoms with Crippen LogP contribution < -0.4 is 27.6 Å². The van der Waals surface area contributed by atoms with Crippen LogP contribution in [0.3, 0.4) is 0 Å². The minimum absolute atomic E-state index is 0.0369. The zero-order chi connectivity index (χ0) is 26.1. The second-order valence-corrected chi connectivity index (χ2v) is 15.8.